The van der Waals surface area contributed by atoms with Crippen LogP contribution in [0.3, 0.4) is 0 Å². The summed E-state index contributed by atoms with van der Waals surface area (Å²) in [6, 6.07) is 0. The first-order valence-corrected chi connectivity index (χ1v) is 7.00. The molecule has 0 aliphatic heterocycles. The van der Waals surface area contributed by atoms with Crippen molar-refractivity contribution in [1.29, 1.82) is 0 Å². The van der Waals surface area contributed by atoms with Crippen molar-refractivity contribution >= 4 is 0 Å². The van der Waals surface area contributed by atoms with E-state index in [1.54, 1.807) is 0 Å². The van der Waals surface area contributed by atoms with Crippen molar-refractivity contribution in [3.63, 3.8) is 0 Å². The minimum absolute atomic E-state index is 0.0756. The van der Waals surface area contributed by atoms with Gasteiger partial charge in [-0.05, 0) is 38.5 Å². The Morgan fingerprint density at radius 2 is 0.938 bits per heavy atom. The standard InChI is InChI=1S/C14H20O2/c15-9-11-3-1-4-12(11,7-11)10(16)14-6-2-5-13(9,14)8-14/h9-10,15-16H,1-8H2/t9?,10?,11-,12-,13-,14+/m1/s1. The van der Waals surface area contributed by atoms with Gasteiger partial charge in [0.2, 0.25) is 0 Å². The highest BCUT2D eigenvalue weighted by atomic mass is 16.3. The molecule has 0 aromatic rings. The molecule has 5 fully saturated rings. The second kappa shape index (κ2) is 2.01. The molecule has 0 saturated heterocycles. The molecule has 5 saturated carbocycles. The Labute approximate surface area is 96.0 Å². The van der Waals surface area contributed by atoms with Gasteiger partial charge in [-0.3, -0.25) is 0 Å². The Morgan fingerprint density at radius 3 is 1.25 bits per heavy atom. The predicted octanol–water partition coefficient (Wildman–Crippen LogP) is 1.84. The molecule has 0 aromatic carbocycles. The highest BCUT2D eigenvalue weighted by Gasteiger charge is 2.92. The van der Waals surface area contributed by atoms with Gasteiger partial charge in [-0.1, -0.05) is 12.8 Å². The summed E-state index contributed by atoms with van der Waals surface area (Å²) in [5.74, 6) is 0. The first kappa shape index (κ1) is 8.93. The van der Waals surface area contributed by atoms with E-state index < -0.39 is 0 Å². The van der Waals surface area contributed by atoms with Crippen LogP contribution in [0, 0.1) is 21.7 Å². The fourth-order valence-corrected chi connectivity index (χ4v) is 6.91. The molecule has 88 valence electrons. The summed E-state index contributed by atoms with van der Waals surface area (Å²) >= 11 is 0. The monoisotopic (exact) mass is 220 g/mol. The number of aliphatic hydroxyl groups excluding tert-OH is 2. The second-order valence-electron chi connectivity index (χ2n) is 7.49. The van der Waals surface area contributed by atoms with Gasteiger partial charge in [0.1, 0.15) is 0 Å². The van der Waals surface area contributed by atoms with Gasteiger partial charge in [0.05, 0.1) is 12.2 Å². The summed E-state index contributed by atoms with van der Waals surface area (Å²) < 4.78 is 0. The zero-order valence-corrected chi connectivity index (χ0v) is 9.71. The highest BCUT2D eigenvalue weighted by molar-refractivity contribution is 5.41. The molecule has 5 rings (SSSR count). The Kier molecular flexibility index (Phi) is 1.12. The smallest absolute Gasteiger partial charge is 0.0665 e. The molecule has 2 unspecified atom stereocenters. The average Bonchev–Trinajstić information content (AvgIpc) is 3.05. The maximum Gasteiger partial charge on any atom is 0.0665 e. The van der Waals surface area contributed by atoms with Crippen LogP contribution in [0.1, 0.15) is 51.4 Å². The number of aliphatic hydroxyl groups is 2. The van der Waals surface area contributed by atoms with E-state index in [-0.39, 0.29) is 33.9 Å². The lowest BCUT2D eigenvalue weighted by atomic mass is 9.67. The SMILES string of the molecule is OC1[C@@]23CCC[C@@]2(C3)C(O)[C@]23CCC[C@@]12C3. The van der Waals surface area contributed by atoms with Gasteiger partial charge in [0.15, 0.2) is 0 Å². The van der Waals surface area contributed by atoms with Crippen LogP contribution in [0.25, 0.3) is 0 Å². The van der Waals surface area contributed by atoms with Gasteiger partial charge in [-0.2, -0.15) is 0 Å². The normalized spacial score (nSPS) is 73.9. The molecular formula is C14H20O2. The van der Waals surface area contributed by atoms with E-state index in [0.29, 0.717) is 0 Å². The Hall–Kier alpha value is -0.0800. The maximum absolute atomic E-state index is 10.8. The molecule has 0 bridgehead atoms. The molecule has 0 spiro atoms. The van der Waals surface area contributed by atoms with Crippen LogP contribution in [0.4, 0.5) is 0 Å². The van der Waals surface area contributed by atoms with Gasteiger partial charge < -0.3 is 10.2 Å². The average molecular weight is 220 g/mol. The second-order valence-corrected chi connectivity index (χ2v) is 7.49. The van der Waals surface area contributed by atoms with Gasteiger partial charge in [-0.25, -0.2) is 0 Å². The minimum atomic E-state index is -0.0756. The Balaban J connectivity index is 1.72. The van der Waals surface area contributed by atoms with Crippen molar-refractivity contribution in [2.75, 3.05) is 0 Å². The predicted molar refractivity (Wildman–Crippen MR) is 58.7 cm³/mol. The van der Waals surface area contributed by atoms with Gasteiger partial charge in [-0.15, -0.1) is 0 Å². The van der Waals surface area contributed by atoms with Crippen LogP contribution in [0.15, 0.2) is 0 Å². The summed E-state index contributed by atoms with van der Waals surface area (Å²) in [6.45, 7) is 0. The van der Waals surface area contributed by atoms with E-state index in [0.717, 1.165) is 12.8 Å². The molecule has 5 aliphatic rings. The van der Waals surface area contributed by atoms with Crippen molar-refractivity contribution < 1.29 is 10.2 Å². The molecule has 0 amide bonds. The lowest BCUT2D eigenvalue weighted by Gasteiger charge is -2.42. The van der Waals surface area contributed by atoms with Crippen LogP contribution in [0.2, 0.25) is 0 Å². The van der Waals surface area contributed by atoms with E-state index in [2.05, 4.69) is 0 Å². The fourth-order valence-electron chi connectivity index (χ4n) is 6.91. The topological polar surface area (TPSA) is 40.5 Å². The van der Waals surface area contributed by atoms with Crippen LogP contribution in [-0.4, -0.2) is 22.4 Å². The molecular weight excluding hydrogens is 200 g/mol. The maximum atomic E-state index is 10.8. The molecule has 2 N–H and O–H groups in total. The molecule has 16 heavy (non-hydrogen) atoms. The molecule has 6 atom stereocenters. The lowest BCUT2D eigenvalue weighted by molar-refractivity contribution is -0.0969. The first-order valence-electron chi connectivity index (χ1n) is 7.00. The summed E-state index contributed by atoms with van der Waals surface area (Å²) in [6.07, 6.45) is 9.32. The summed E-state index contributed by atoms with van der Waals surface area (Å²) in [4.78, 5) is 0. The van der Waals surface area contributed by atoms with Crippen LogP contribution < -0.4 is 0 Å². The van der Waals surface area contributed by atoms with Crippen LogP contribution >= 0.6 is 0 Å². The molecule has 2 nitrogen and oxygen atoms in total. The van der Waals surface area contributed by atoms with Crippen molar-refractivity contribution in [2.45, 2.75) is 63.6 Å². The van der Waals surface area contributed by atoms with Gasteiger partial charge >= 0.3 is 0 Å². The van der Waals surface area contributed by atoms with Crippen molar-refractivity contribution in [3.05, 3.63) is 0 Å². The summed E-state index contributed by atoms with van der Waals surface area (Å²) in [5.41, 5.74) is 0.654. The van der Waals surface area contributed by atoms with Crippen molar-refractivity contribution in [1.82, 2.24) is 0 Å². The molecule has 0 aromatic heterocycles. The Morgan fingerprint density at radius 1 is 0.625 bits per heavy atom. The van der Waals surface area contributed by atoms with E-state index in [1.807, 2.05) is 0 Å². The van der Waals surface area contributed by atoms with E-state index in [9.17, 15) is 10.2 Å². The third-order valence-electron chi connectivity index (χ3n) is 7.58. The number of rotatable bonds is 0. The van der Waals surface area contributed by atoms with E-state index in [4.69, 9.17) is 0 Å². The molecule has 2 heteroatoms. The first-order chi connectivity index (χ1) is 7.64. The van der Waals surface area contributed by atoms with Crippen molar-refractivity contribution in [3.8, 4) is 0 Å². The quantitative estimate of drug-likeness (QED) is 0.654. The largest absolute Gasteiger partial charge is 0.392 e. The van der Waals surface area contributed by atoms with Crippen LogP contribution in [-0.2, 0) is 0 Å². The van der Waals surface area contributed by atoms with Crippen LogP contribution in [0.5, 0.6) is 0 Å². The molecule has 0 heterocycles. The van der Waals surface area contributed by atoms with E-state index >= 15 is 0 Å². The highest BCUT2D eigenvalue weighted by Crippen LogP contribution is 2.93. The Bertz CT molecular complexity index is 338. The van der Waals surface area contributed by atoms with Gasteiger partial charge in [0, 0.05) is 21.7 Å². The molecule has 5 aliphatic carbocycles. The summed E-state index contributed by atoms with van der Waals surface area (Å²) in [5, 5.41) is 21.7. The molecule has 0 radical (unpaired) electrons. The number of hydrogen-bond donors (Lipinski definition) is 2. The lowest BCUT2D eigenvalue weighted by Crippen LogP contribution is -2.48. The fraction of sp³-hybridized carbons (Fsp3) is 1.00. The number of hydrogen-bond acceptors (Lipinski definition) is 2. The summed E-state index contributed by atoms with van der Waals surface area (Å²) in [7, 11) is 0. The zero-order chi connectivity index (χ0) is 10.8. The minimum Gasteiger partial charge on any atom is -0.392 e. The zero-order valence-electron chi connectivity index (χ0n) is 9.71. The van der Waals surface area contributed by atoms with Crippen molar-refractivity contribution in [2.24, 2.45) is 21.7 Å². The van der Waals surface area contributed by atoms with Gasteiger partial charge in [0.25, 0.3) is 0 Å². The third kappa shape index (κ3) is 0.535. The van der Waals surface area contributed by atoms with E-state index in [1.165, 1.54) is 38.5 Å². The third-order valence-corrected chi connectivity index (χ3v) is 7.58.